The number of hydrogen-bond acceptors (Lipinski definition) is 2. The Labute approximate surface area is 153 Å². The zero-order chi connectivity index (χ0) is 18.5. The predicted molar refractivity (Wildman–Crippen MR) is 104 cm³/mol. The van der Waals surface area contributed by atoms with Crippen molar-refractivity contribution in [2.45, 2.75) is 19.9 Å². The lowest BCUT2D eigenvalue weighted by Crippen LogP contribution is -2.38. The van der Waals surface area contributed by atoms with Gasteiger partial charge in [0, 0.05) is 5.56 Å². The summed E-state index contributed by atoms with van der Waals surface area (Å²) in [7, 11) is 0. The van der Waals surface area contributed by atoms with Crippen LogP contribution in [-0.2, 0) is 4.79 Å². The Hall–Kier alpha value is -3.14. The van der Waals surface area contributed by atoms with Gasteiger partial charge in [-0.1, -0.05) is 60.2 Å². The summed E-state index contributed by atoms with van der Waals surface area (Å²) in [5.41, 5.74) is 2.69. The molecule has 0 aliphatic carbocycles. The van der Waals surface area contributed by atoms with E-state index in [0.29, 0.717) is 5.56 Å². The molecule has 1 unspecified atom stereocenters. The lowest BCUT2D eigenvalue weighted by atomic mass is 10.00. The molecule has 26 heavy (non-hydrogen) atoms. The number of nitrogens with one attached hydrogen (secondary N) is 2. The van der Waals surface area contributed by atoms with Crippen LogP contribution >= 0.6 is 0 Å². The second-order valence-electron chi connectivity index (χ2n) is 6.41. The van der Waals surface area contributed by atoms with Gasteiger partial charge in [-0.15, -0.1) is 0 Å². The van der Waals surface area contributed by atoms with Crippen LogP contribution in [0.3, 0.4) is 0 Å². The molecule has 0 aliphatic rings. The Balaban J connectivity index is 1.60. The van der Waals surface area contributed by atoms with Crippen molar-refractivity contribution in [3.63, 3.8) is 0 Å². The Bertz CT molecular complexity index is 927. The molecule has 0 spiro atoms. The van der Waals surface area contributed by atoms with E-state index >= 15 is 0 Å². The van der Waals surface area contributed by atoms with E-state index in [0.717, 1.165) is 21.9 Å². The van der Waals surface area contributed by atoms with Crippen LogP contribution in [0.1, 0.15) is 34.5 Å². The summed E-state index contributed by atoms with van der Waals surface area (Å²) in [6.07, 6.45) is 0. The van der Waals surface area contributed by atoms with E-state index in [-0.39, 0.29) is 24.4 Å². The van der Waals surface area contributed by atoms with Gasteiger partial charge in [0.05, 0.1) is 12.6 Å². The molecular formula is C22H22N2O2. The number of amides is 2. The molecular weight excluding hydrogens is 324 g/mol. The predicted octanol–water partition coefficient (Wildman–Crippen LogP) is 3.76. The number of fused-ring (bicyclic) bond motifs is 1. The van der Waals surface area contributed by atoms with Crippen molar-refractivity contribution in [2.75, 3.05) is 6.54 Å². The summed E-state index contributed by atoms with van der Waals surface area (Å²) in [4.78, 5) is 24.3. The molecule has 0 heterocycles. The van der Waals surface area contributed by atoms with Crippen LogP contribution in [-0.4, -0.2) is 18.4 Å². The fourth-order valence-corrected chi connectivity index (χ4v) is 2.97. The van der Waals surface area contributed by atoms with Gasteiger partial charge in [-0.2, -0.15) is 0 Å². The van der Waals surface area contributed by atoms with Crippen molar-refractivity contribution in [1.29, 1.82) is 0 Å². The summed E-state index contributed by atoms with van der Waals surface area (Å²) >= 11 is 0. The standard InChI is InChI=1S/C22H22N2O2/c1-15-10-12-18(13-11-15)22(26)23-14-21(25)24-16(2)19-9-5-7-17-6-3-4-8-20(17)19/h3-13,16H,14H2,1-2H3,(H,23,26)(H,24,25). The van der Waals surface area contributed by atoms with Gasteiger partial charge in [0.1, 0.15) is 0 Å². The lowest BCUT2D eigenvalue weighted by molar-refractivity contribution is -0.120. The van der Waals surface area contributed by atoms with E-state index in [9.17, 15) is 9.59 Å². The molecule has 3 aromatic carbocycles. The normalized spacial score (nSPS) is 11.8. The molecule has 0 saturated carbocycles. The Morgan fingerprint density at radius 1 is 0.923 bits per heavy atom. The number of rotatable bonds is 5. The average molecular weight is 346 g/mol. The van der Waals surface area contributed by atoms with Crippen LogP contribution in [0.25, 0.3) is 10.8 Å². The van der Waals surface area contributed by atoms with E-state index in [1.807, 2.05) is 56.3 Å². The van der Waals surface area contributed by atoms with Crippen LogP contribution in [0.15, 0.2) is 66.7 Å². The van der Waals surface area contributed by atoms with Crippen molar-refractivity contribution >= 4 is 22.6 Å². The van der Waals surface area contributed by atoms with Crippen LogP contribution in [0.5, 0.6) is 0 Å². The minimum absolute atomic E-state index is 0.0538. The van der Waals surface area contributed by atoms with Gasteiger partial charge in [-0.05, 0) is 42.3 Å². The topological polar surface area (TPSA) is 58.2 Å². The van der Waals surface area contributed by atoms with Crippen molar-refractivity contribution in [3.8, 4) is 0 Å². The number of hydrogen-bond donors (Lipinski definition) is 2. The molecule has 0 radical (unpaired) electrons. The van der Waals surface area contributed by atoms with Crippen LogP contribution in [0.4, 0.5) is 0 Å². The highest BCUT2D eigenvalue weighted by Crippen LogP contribution is 2.23. The maximum atomic E-state index is 12.2. The van der Waals surface area contributed by atoms with Gasteiger partial charge >= 0.3 is 0 Å². The minimum atomic E-state index is -0.252. The van der Waals surface area contributed by atoms with Crippen molar-refractivity contribution in [3.05, 3.63) is 83.4 Å². The number of benzene rings is 3. The van der Waals surface area contributed by atoms with Gasteiger partial charge in [0.25, 0.3) is 5.91 Å². The van der Waals surface area contributed by atoms with Gasteiger partial charge in [0.2, 0.25) is 5.91 Å². The molecule has 132 valence electrons. The Kier molecular flexibility index (Phi) is 5.32. The lowest BCUT2D eigenvalue weighted by Gasteiger charge is -2.17. The fraction of sp³-hybridized carbons (Fsp3) is 0.182. The summed E-state index contributed by atoms with van der Waals surface area (Å²) < 4.78 is 0. The van der Waals surface area contributed by atoms with E-state index < -0.39 is 0 Å². The van der Waals surface area contributed by atoms with Gasteiger partial charge in [-0.25, -0.2) is 0 Å². The smallest absolute Gasteiger partial charge is 0.251 e. The first-order valence-electron chi connectivity index (χ1n) is 8.66. The largest absolute Gasteiger partial charge is 0.348 e. The monoisotopic (exact) mass is 346 g/mol. The van der Waals surface area contributed by atoms with Crippen molar-refractivity contribution in [2.24, 2.45) is 0 Å². The molecule has 3 aromatic rings. The number of carbonyl (C=O) groups excluding carboxylic acids is 2. The zero-order valence-corrected chi connectivity index (χ0v) is 15.0. The van der Waals surface area contributed by atoms with Crippen LogP contribution in [0, 0.1) is 6.92 Å². The number of carbonyl (C=O) groups is 2. The quantitative estimate of drug-likeness (QED) is 0.739. The van der Waals surface area contributed by atoms with Crippen LogP contribution < -0.4 is 10.6 Å². The fourth-order valence-electron chi connectivity index (χ4n) is 2.97. The first-order valence-corrected chi connectivity index (χ1v) is 8.66. The molecule has 0 fully saturated rings. The molecule has 0 bridgehead atoms. The molecule has 1 atom stereocenters. The molecule has 0 aromatic heterocycles. The van der Waals surface area contributed by atoms with Crippen molar-refractivity contribution < 1.29 is 9.59 Å². The van der Waals surface area contributed by atoms with Gasteiger partial charge in [-0.3, -0.25) is 9.59 Å². The number of aryl methyl sites for hydroxylation is 1. The van der Waals surface area contributed by atoms with E-state index in [1.54, 1.807) is 12.1 Å². The maximum Gasteiger partial charge on any atom is 0.251 e. The molecule has 4 nitrogen and oxygen atoms in total. The zero-order valence-electron chi connectivity index (χ0n) is 15.0. The third kappa shape index (κ3) is 4.09. The summed E-state index contributed by atoms with van der Waals surface area (Å²) in [6.45, 7) is 3.85. The van der Waals surface area contributed by atoms with Gasteiger partial charge < -0.3 is 10.6 Å². The molecule has 2 amide bonds. The summed E-state index contributed by atoms with van der Waals surface area (Å²) in [5, 5.41) is 7.87. The second-order valence-corrected chi connectivity index (χ2v) is 6.41. The molecule has 2 N–H and O–H groups in total. The van der Waals surface area contributed by atoms with E-state index in [4.69, 9.17) is 0 Å². The molecule has 4 heteroatoms. The first-order chi connectivity index (χ1) is 12.5. The van der Waals surface area contributed by atoms with Gasteiger partial charge in [0.15, 0.2) is 0 Å². The van der Waals surface area contributed by atoms with E-state index in [2.05, 4.69) is 22.8 Å². The Morgan fingerprint density at radius 2 is 1.62 bits per heavy atom. The molecule has 3 rings (SSSR count). The third-order valence-corrected chi connectivity index (χ3v) is 4.39. The molecule has 0 aliphatic heterocycles. The first kappa shape index (κ1) is 17.7. The highest BCUT2D eigenvalue weighted by Gasteiger charge is 2.13. The van der Waals surface area contributed by atoms with Crippen molar-refractivity contribution in [1.82, 2.24) is 10.6 Å². The highest BCUT2D eigenvalue weighted by atomic mass is 16.2. The summed E-state index contributed by atoms with van der Waals surface area (Å²) in [5.74, 6) is -0.469. The SMILES string of the molecule is Cc1ccc(C(=O)NCC(=O)NC(C)c2cccc3ccccc23)cc1. The minimum Gasteiger partial charge on any atom is -0.348 e. The second kappa shape index (κ2) is 7.83. The molecule has 0 saturated heterocycles. The maximum absolute atomic E-state index is 12.2. The highest BCUT2D eigenvalue weighted by molar-refractivity contribution is 5.96. The summed E-state index contributed by atoms with van der Waals surface area (Å²) in [6, 6.07) is 21.2. The Morgan fingerprint density at radius 3 is 2.38 bits per heavy atom. The average Bonchev–Trinajstić information content (AvgIpc) is 2.66. The van der Waals surface area contributed by atoms with E-state index in [1.165, 1.54) is 0 Å². The third-order valence-electron chi connectivity index (χ3n) is 4.39. The van der Waals surface area contributed by atoms with Crippen LogP contribution in [0.2, 0.25) is 0 Å².